The van der Waals surface area contributed by atoms with Gasteiger partial charge >= 0.3 is 5.97 Å². The lowest BCUT2D eigenvalue weighted by Crippen LogP contribution is -2.37. The highest BCUT2D eigenvalue weighted by Gasteiger charge is 2.41. The molecule has 0 heterocycles. The molecule has 1 aliphatic rings. The molecule has 1 aliphatic carbocycles. The van der Waals surface area contributed by atoms with Crippen LogP contribution in [0.3, 0.4) is 0 Å². The highest BCUT2D eigenvalue weighted by Crippen LogP contribution is 2.39. The quantitative estimate of drug-likeness (QED) is 0.802. The third-order valence-corrected chi connectivity index (χ3v) is 6.51. The van der Waals surface area contributed by atoms with Gasteiger partial charge in [0, 0.05) is 26.2 Å². The Labute approximate surface area is 148 Å². The minimum atomic E-state index is -3.52. The summed E-state index contributed by atoms with van der Waals surface area (Å²) in [6, 6.07) is 5.84. The zero-order valence-electron chi connectivity index (χ0n) is 14.5. The fraction of sp³-hybridized carbons (Fsp3) is 0.529. The van der Waals surface area contributed by atoms with Crippen LogP contribution in [0.25, 0.3) is 0 Å². The van der Waals surface area contributed by atoms with Crippen molar-refractivity contribution in [3.63, 3.8) is 0 Å². The molecule has 0 spiro atoms. The first-order valence-corrected chi connectivity index (χ1v) is 9.67. The van der Waals surface area contributed by atoms with Gasteiger partial charge < -0.3 is 10.4 Å². The summed E-state index contributed by atoms with van der Waals surface area (Å²) in [6.07, 6.45) is 3.58. The van der Waals surface area contributed by atoms with Crippen molar-refractivity contribution in [2.24, 2.45) is 5.41 Å². The molecule has 2 N–H and O–H groups in total. The van der Waals surface area contributed by atoms with Crippen molar-refractivity contribution in [1.82, 2.24) is 4.31 Å². The molecule has 0 saturated heterocycles. The number of rotatable bonds is 6. The maximum atomic E-state index is 12.3. The molecule has 0 atom stereocenters. The van der Waals surface area contributed by atoms with E-state index in [1.807, 2.05) is 0 Å². The van der Waals surface area contributed by atoms with Gasteiger partial charge in [0.2, 0.25) is 15.9 Å². The summed E-state index contributed by atoms with van der Waals surface area (Å²) in [6.45, 7) is 0. The molecule has 0 aliphatic heterocycles. The molecule has 25 heavy (non-hydrogen) atoms. The number of nitrogens with one attached hydrogen (secondary N) is 1. The molecule has 0 aromatic heterocycles. The molecule has 1 aromatic carbocycles. The van der Waals surface area contributed by atoms with Crippen molar-refractivity contribution in [2.45, 2.75) is 43.4 Å². The van der Waals surface area contributed by atoms with E-state index in [0.29, 0.717) is 18.5 Å². The van der Waals surface area contributed by atoms with Crippen LogP contribution in [-0.2, 0) is 19.6 Å². The summed E-state index contributed by atoms with van der Waals surface area (Å²) >= 11 is 0. The molecule has 2 rings (SSSR count). The predicted molar refractivity (Wildman–Crippen MR) is 93.7 cm³/mol. The normalized spacial score (nSPS) is 17.2. The van der Waals surface area contributed by atoms with Crippen LogP contribution in [0, 0.1) is 5.41 Å². The first kappa shape index (κ1) is 19.4. The molecular weight excluding hydrogens is 344 g/mol. The number of anilines is 1. The van der Waals surface area contributed by atoms with Crippen LogP contribution in [0.2, 0.25) is 0 Å². The number of carbonyl (C=O) groups excluding carboxylic acids is 1. The number of amides is 1. The van der Waals surface area contributed by atoms with Gasteiger partial charge in [0.1, 0.15) is 0 Å². The molecule has 8 heteroatoms. The van der Waals surface area contributed by atoms with Gasteiger partial charge in [-0.2, -0.15) is 0 Å². The number of hydrogen-bond acceptors (Lipinski definition) is 4. The van der Waals surface area contributed by atoms with E-state index < -0.39 is 21.4 Å². The van der Waals surface area contributed by atoms with Gasteiger partial charge in [-0.3, -0.25) is 9.59 Å². The van der Waals surface area contributed by atoms with Crippen LogP contribution in [0.5, 0.6) is 0 Å². The van der Waals surface area contributed by atoms with Crippen LogP contribution in [0.15, 0.2) is 29.2 Å². The van der Waals surface area contributed by atoms with Gasteiger partial charge in [0.05, 0.1) is 10.3 Å². The maximum Gasteiger partial charge on any atom is 0.310 e. The Bertz CT molecular complexity index is 735. The molecule has 1 aromatic rings. The average Bonchev–Trinajstić information content (AvgIpc) is 2.55. The molecule has 1 amide bonds. The van der Waals surface area contributed by atoms with E-state index in [2.05, 4.69) is 5.32 Å². The lowest BCUT2D eigenvalue weighted by atomic mass is 9.71. The number of benzene rings is 1. The second-order valence-electron chi connectivity index (χ2n) is 6.68. The molecule has 7 nitrogen and oxygen atoms in total. The Morgan fingerprint density at radius 1 is 1.12 bits per heavy atom. The molecular formula is C17H24N2O5S. The van der Waals surface area contributed by atoms with Crippen molar-refractivity contribution in [3.8, 4) is 0 Å². The van der Waals surface area contributed by atoms with Gasteiger partial charge in [-0.1, -0.05) is 19.3 Å². The van der Waals surface area contributed by atoms with E-state index in [1.54, 1.807) is 0 Å². The third kappa shape index (κ3) is 4.38. The van der Waals surface area contributed by atoms with Crippen LogP contribution in [0.1, 0.15) is 38.5 Å². The highest BCUT2D eigenvalue weighted by atomic mass is 32.2. The Hall–Kier alpha value is -1.93. The smallest absolute Gasteiger partial charge is 0.310 e. The van der Waals surface area contributed by atoms with Crippen molar-refractivity contribution in [1.29, 1.82) is 0 Å². The Morgan fingerprint density at radius 2 is 1.68 bits per heavy atom. The van der Waals surface area contributed by atoms with Crippen LogP contribution >= 0.6 is 0 Å². The van der Waals surface area contributed by atoms with E-state index in [9.17, 15) is 23.1 Å². The number of hydrogen-bond donors (Lipinski definition) is 2. The van der Waals surface area contributed by atoms with Gasteiger partial charge in [-0.15, -0.1) is 0 Å². The van der Waals surface area contributed by atoms with Crippen LogP contribution < -0.4 is 5.32 Å². The zero-order chi connectivity index (χ0) is 18.7. The molecule has 0 unspecified atom stereocenters. The Kier molecular flexibility index (Phi) is 5.84. The molecule has 138 valence electrons. The summed E-state index contributed by atoms with van der Waals surface area (Å²) in [5.41, 5.74) is -0.546. The average molecular weight is 368 g/mol. The fourth-order valence-electron chi connectivity index (χ4n) is 3.13. The topological polar surface area (TPSA) is 104 Å². The van der Waals surface area contributed by atoms with Crippen molar-refractivity contribution < 1.29 is 23.1 Å². The molecule has 0 bridgehead atoms. The van der Waals surface area contributed by atoms with Gasteiger partial charge in [0.15, 0.2) is 0 Å². The fourth-order valence-corrected chi connectivity index (χ4v) is 4.03. The maximum absolute atomic E-state index is 12.3. The standard InChI is InChI=1S/C17H24N2O5S/c1-19(2)25(23,24)14-8-6-13(7-9-14)18-15(20)12-17(16(21)22)10-4-3-5-11-17/h6-9H,3-5,10-12H2,1-2H3,(H,18,20)(H,21,22). The van der Waals surface area contributed by atoms with Crippen molar-refractivity contribution in [3.05, 3.63) is 24.3 Å². The van der Waals surface area contributed by atoms with Gasteiger partial charge in [0.25, 0.3) is 0 Å². The van der Waals surface area contributed by atoms with Crippen molar-refractivity contribution >= 4 is 27.6 Å². The monoisotopic (exact) mass is 368 g/mol. The van der Waals surface area contributed by atoms with Gasteiger partial charge in [-0.25, -0.2) is 12.7 Å². The summed E-state index contributed by atoms with van der Waals surface area (Å²) in [4.78, 5) is 24.0. The predicted octanol–water partition coefficient (Wildman–Crippen LogP) is 2.30. The lowest BCUT2D eigenvalue weighted by Gasteiger charge is -2.32. The summed E-state index contributed by atoms with van der Waals surface area (Å²) in [5, 5.41) is 12.2. The number of aliphatic carboxylic acids is 1. The number of carboxylic acid groups (broad SMARTS) is 1. The third-order valence-electron chi connectivity index (χ3n) is 4.68. The molecule has 1 saturated carbocycles. The Morgan fingerprint density at radius 3 is 2.16 bits per heavy atom. The van der Waals surface area contributed by atoms with Crippen LogP contribution in [-0.4, -0.2) is 43.8 Å². The van der Waals surface area contributed by atoms with E-state index in [-0.39, 0.29) is 17.2 Å². The van der Waals surface area contributed by atoms with Crippen molar-refractivity contribution in [2.75, 3.05) is 19.4 Å². The Balaban J connectivity index is 2.07. The van der Waals surface area contributed by atoms with Gasteiger partial charge in [-0.05, 0) is 37.1 Å². The minimum Gasteiger partial charge on any atom is -0.481 e. The first-order chi connectivity index (χ1) is 11.7. The minimum absolute atomic E-state index is 0.0694. The molecule has 0 radical (unpaired) electrons. The zero-order valence-corrected chi connectivity index (χ0v) is 15.3. The number of sulfonamides is 1. The summed E-state index contributed by atoms with van der Waals surface area (Å²) < 4.78 is 25.1. The van der Waals surface area contributed by atoms with E-state index in [1.165, 1.54) is 38.4 Å². The number of carboxylic acids is 1. The van der Waals surface area contributed by atoms with E-state index >= 15 is 0 Å². The lowest BCUT2D eigenvalue weighted by molar-refractivity contribution is -0.153. The van der Waals surface area contributed by atoms with Crippen LogP contribution in [0.4, 0.5) is 5.69 Å². The van der Waals surface area contributed by atoms with E-state index in [4.69, 9.17) is 0 Å². The highest BCUT2D eigenvalue weighted by molar-refractivity contribution is 7.89. The summed E-state index contributed by atoms with van der Waals surface area (Å²) in [7, 11) is -0.633. The number of carbonyl (C=O) groups is 2. The summed E-state index contributed by atoms with van der Waals surface area (Å²) in [5.74, 6) is -1.29. The molecule has 1 fully saturated rings. The second kappa shape index (κ2) is 7.53. The first-order valence-electron chi connectivity index (χ1n) is 8.23. The number of nitrogens with zero attached hydrogens (tertiary/aromatic N) is 1. The largest absolute Gasteiger partial charge is 0.481 e. The van der Waals surface area contributed by atoms with E-state index in [0.717, 1.165) is 23.6 Å². The SMILES string of the molecule is CN(C)S(=O)(=O)c1ccc(NC(=O)CC2(C(=O)O)CCCCC2)cc1. The second-order valence-corrected chi connectivity index (χ2v) is 8.83.